The number of hydrogen-bond donors (Lipinski definition) is 2. The SMILES string of the molecule is COc1nc2c(c(N3CCCN=C(/C(Cl)=C(\N)C(=O)N4CC(F)(F)C4)C3)n1)COC(c1c(C(F)(F)F)ccc(N)c1F)C2. The van der Waals surface area contributed by atoms with Gasteiger partial charge in [0.1, 0.15) is 11.5 Å². The first kappa shape index (κ1) is 30.7. The first-order chi connectivity index (χ1) is 20.2. The van der Waals surface area contributed by atoms with Gasteiger partial charge in [-0.05, 0) is 18.6 Å². The van der Waals surface area contributed by atoms with Gasteiger partial charge in [-0.15, -0.1) is 0 Å². The van der Waals surface area contributed by atoms with Crippen LogP contribution < -0.4 is 21.1 Å². The summed E-state index contributed by atoms with van der Waals surface area (Å²) >= 11 is 6.44. The van der Waals surface area contributed by atoms with Crippen molar-refractivity contribution < 1.29 is 40.6 Å². The van der Waals surface area contributed by atoms with Crippen LogP contribution in [0.4, 0.5) is 37.8 Å². The molecule has 0 spiro atoms. The van der Waals surface area contributed by atoms with Crippen LogP contribution in [0.5, 0.6) is 6.01 Å². The van der Waals surface area contributed by atoms with Gasteiger partial charge in [-0.1, -0.05) is 11.6 Å². The minimum absolute atomic E-state index is 0.0128. The summed E-state index contributed by atoms with van der Waals surface area (Å²) in [5, 5.41) is -0.199. The first-order valence-electron chi connectivity index (χ1n) is 13.0. The molecule has 1 aromatic heterocycles. The van der Waals surface area contributed by atoms with Gasteiger partial charge in [0.15, 0.2) is 5.82 Å². The van der Waals surface area contributed by atoms with Crippen molar-refractivity contribution in [2.24, 2.45) is 10.7 Å². The van der Waals surface area contributed by atoms with Crippen molar-refractivity contribution in [1.29, 1.82) is 0 Å². The van der Waals surface area contributed by atoms with E-state index in [9.17, 15) is 31.1 Å². The van der Waals surface area contributed by atoms with Gasteiger partial charge in [0, 0.05) is 30.6 Å². The topological polar surface area (TPSA) is 132 Å². The molecule has 10 nitrogen and oxygen atoms in total. The highest BCUT2D eigenvalue weighted by Gasteiger charge is 2.47. The molecule has 4 heterocycles. The van der Waals surface area contributed by atoms with Gasteiger partial charge in [0.25, 0.3) is 11.8 Å². The molecule has 3 aliphatic heterocycles. The van der Waals surface area contributed by atoms with Crippen LogP contribution in [0.3, 0.4) is 0 Å². The smallest absolute Gasteiger partial charge is 0.416 e. The van der Waals surface area contributed by atoms with Crippen LogP contribution in [-0.2, 0) is 28.7 Å². The van der Waals surface area contributed by atoms with Crippen LogP contribution in [0.2, 0.25) is 0 Å². The van der Waals surface area contributed by atoms with Gasteiger partial charge in [0.2, 0.25) is 0 Å². The van der Waals surface area contributed by atoms with Crippen molar-refractivity contribution in [3.05, 3.63) is 51.1 Å². The Kier molecular flexibility index (Phi) is 8.11. The molecule has 1 fully saturated rings. The number of anilines is 2. The van der Waals surface area contributed by atoms with E-state index in [1.54, 1.807) is 4.90 Å². The lowest BCUT2D eigenvalue weighted by Crippen LogP contribution is -2.59. The average molecular weight is 634 g/mol. The Labute approximate surface area is 246 Å². The third kappa shape index (κ3) is 6.02. The molecule has 232 valence electrons. The number of aliphatic imine (C=N–C) groups is 1. The van der Waals surface area contributed by atoms with E-state index in [0.717, 1.165) is 11.0 Å². The molecule has 43 heavy (non-hydrogen) atoms. The quantitative estimate of drug-likeness (QED) is 0.290. The van der Waals surface area contributed by atoms with E-state index in [1.807, 2.05) is 0 Å². The molecular weight excluding hydrogens is 608 g/mol. The number of nitrogen functional groups attached to an aromatic ring is 1. The molecule has 0 radical (unpaired) electrons. The number of alkyl halides is 5. The van der Waals surface area contributed by atoms with Crippen molar-refractivity contribution in [2.45, 2.75) is 37.7 Å². The summed E-state index contributed by atoms with van der Waals surface area (Å²) in [6.07, 6.45) is -5.97. The van der Waals surface area contributed by atoms with Crippen LogP contribution in [0.15, 0.2) is 27.9 Å². The molecular formula is C26H26ClF6N7O3. The number of ether oxygens (including phenoxy) is 2. The maximum Gasteiger partial charge on any atom is 0.416 e. The van der Waals surface area contributed by atoms with Crippen LogP contribution in [0, 0.1) is 5.82 Å². The molecule has 5 rings (SSSR count). The minimum atomic E-state index is -4.86. The van der Waals surface area contributed by atoms with E-state index in [1.165, 1.54) is 7.11 Å². The summed E-state index contributed by atoms with van der Waals surface area (Å²) in [5.41, 5.74) is 9.60. The van der Waals surface area contributed by atoms with E-state index in [-0.39, 0.29) is 42.0 Å². The van der Waals surface area contributed by atoms with E-state index in [2.05, 4.69) is 15.0 Å². The number of rotatable bonds is 5. The zero-order valence-electron chi connectivity index (χ0n) is 22.7. The zero-order chi connectivity index (χ0) is 31.3. The number of carbonyl (C=O) groups is 1. The molecule has 4 N–H and O–H groups in total. The highest BCUT2D eigenvalue weighted by Crippen LogP contribution is 2.43. The highest BCUT2D eigenvalue weighted by atomic mass is 35.5. The third-order valence-electron chi connectivity index (χ3n) is 7.26. The van der Waals surface area contributed by atoms with E-state index in [4.69, 9.17) is 32.5 Å². The number of benzene rings is 1. The van der Waals surface area contributed by atoms with Crippen molar-refractivity contribution >= 4 is 34.7 Å². The average Bonchev–Trinajstić information content (AvgIpc) is 3.20. The molecule has 17 heteroatoms. The Balaban J connectivity index is 1.46. The highest BCUT2D eigenvalue weighted by molar-refractivity contribution is 6.45. The number of likely N-dealkylation sites (tertiary alicyclic amines) is 1. The monoisotopic (exact) mass is 633 g/mol. The second-order valence-corrected chi connectivity index (χ2v) is 10.6. The lowest BCUT2D eigenvalue weighted by Gasteiger charge is -2.38. The van der Waals surface area contributed by atoms with Gasteiger partial charge in [0.05, 0.1) is 67.1 Å². The number of halogens is 7. The molecule has 2 aromatic rings. The summed E-state index contributed by atoms with van der Waals surface area (Å²) < 4.78 is 93.9. The number of fused-ring (bicyclic) bond motifs is 1. The van der Waals surface area contributed by atoms with Gasteiger partial charge >= 0.3 is 12.2 Å². The molecule has 0 bridgehead atoms. The fourth-order valence-corrected chi connectivity index (χ4v) is 5.32. The standard InChI is InChI=1S/C26H26ClF6N7O3/c1-42-24-37-15-7-17(18-13(26(31,32)33)3-4-14(34)20(18)28)43-9-12(15)22(38-24)39-6-2-5-36-16(8-39)19(27)21(35)23(41)40-10-25(29,30)11-40/h3-4,17H,2,5-11,34-35H2,1H3/b21-19+. The maximum absolute atomic E-state index is 15.0. The Morgan fingerprint density at radius 1 is 1.23 bits per heavy atom. The normalized spacial score (nSPS) is 20.8. The van der Waals surface area contributed by atoms with Gasteiger partial charge in [-0.25, -0.2) is 13.2 Å². The van der Waals surface area contributed by atoms with Gasteiger partial charge in [-0.2, -0.15) is 23.1 Å². The number of amides is 1. The first-order valence-corrected chi connectivity index (χ1v) is 13.4. The largest absolute Gasteiger partial charge is 0.467 e. The van der Waals surface area contributed by atoms with Gasteiger partial charge in [-0.3, -0.25) is 9.79 Å². The predicted octanol–water partition coefficient (Wildman–Crippen LogP) is 3.58. The number of hydrogen-bond acceptors (Lipinski definition) is 9. The number of methoxy groups -OCH3 is 1. The molecule has 1 aromatic carbocycles. The van der Waals surface area contributed by atoms with Crippen LogP contribution in [-0.4, -0.2) is 72.2 Å². The molecule has 0 saturated carbocycles. The minimum Gasteiger partial charge on any atom is -0.467 e. The predicted molar refractivity (Wildman–Crippen MR) is 143 cm³/mol. The molecule has 0 aliphatic carbocycles. The van der Waals surface area contributed by atoms with Gasteiger partial charge < -0.3 is 30.7 Å². The zero-order valence-corrected chi connectivity index (χ0v) is 23.4. The van der Waals surface area contributed by atoms with E-state index < -0.39 is 65.5 Å². The second kappa shape index (κ2) is 11.4. The summed E-state index contributed by atoms with van der Waals surface area (Å²) in [7, 11) is 1.31. The lowest BCUT2D eigenvalue weighted by molar-refractivity contribution is -0.161. The fraction of sp³-hybridized carbons (Fsp3) is 0.462. The maximum atomic E-state index is 15.0. The van der Waals surface area contributed by atoms with Crippen LogP contribution >= 0.6 is 11.6 Å². The van der Waals surface area contributed by atoms with Crippen molar-refractivity contribution in [3.8, 4) is 6.01 Å². The number of aromatic nitrogens is 2. The number of nitrogens with zero attached hydrogens (tertiary/aromatic N) is 5. The Morgan fingerprint density at radius 3 is 2.60 bits per heavy atom. The Bertz CT molecular complexity index is 1510. The Hall–Kier alpha value is -3.79. The molecule has 3 aliphatic rings. The molecule has 1 atom stereocenters. The van der Waals surface area contributed by atoms with Crippen molar-refractivity contribution in [3.63, 3.8) is 0 Å². The van der Waals surface area contributed by atoms with E-state index in [0.29, 0.717) is 37.0 Å². The molecule has 1 unspecified atom stereocenters. The van der Waals surface area contributed by atoms with Crippen LogP contribution in [0.1, 0.15) is 34.9 Å². The number of carbonyl (C=O) groups excluding carboxylic acids is 1. The fourth-order valence-electron chi connectivity index (χ4n) is 5.12. The second-order valence-electron chi connectivity index (χ2n) is 10.2. The molecule has 1 amide bonds. The summed E-state index contributed by atoms with van der Waals surface area (Å²) in [4.78, 5) is 28.3. The summed E-state index contributed by atoms with van der Waals surface area (Å²) in [6, 6.07) is 1.45. The third-order valence-corrected chi connectivity index (χ3v) is 7.68. The summed E-state index contributed by atoms with van der Waals surface area (Å²) in [6.45, 7) is -1.16. The molecule has 1 saturated heterocycles. The number of nitrogens with two attached hydrogens (primary N) is 2. The summed E-state index contributed by atoms with van der Waals surface area (Å²) in [5.74, 6) is -4.76. The Morgan fingerprint density at radius 2 is 1.95 bits per heavy atom. The van der Waals surface area contributed by atoms with Crippen molar-refractivity contribution in [2.75, 3.05) is 50.5 Å². The van der Waals surface area contributed by atoms with E-state index >= 15 is 0 Å². The lowest BCUT2D eigenvalue weighted by atomic mass is 9.94. The van der Waals surface area contributed by atoms with Crippen LogP contribution in [0.25, 0.3) is 0 Å². The van der Waals surface area contributed by atoms with Crippen molar-refractivity contribution in [1.82, 2.24) is 14.9 Å².